The Labute approximate surface area is 237 Å². The van der Waals surface area contributed by atoms with E-state index < -0.39 is 5.82 Å². The number of ether oxygens (including phenoxy) is 1. The molecule has 0 aliphatic heterocycles. The van der Waals surface area contributed by atoms with Gasteiger partial charge in [0.25, 0.3) is 0 Å². The molecule has 5 rings (SSSR count). The Hall–Kier alpha value is -2.90. The zero-order chi connectivity index (χ0) is 27.2. The highest BCUT2D eigenvalue weighted by atomic mass is 79.9. The number of ketones is 1. The number of nitrogens with zero attached hydrogens (tertiary/aromatic N) is 3. The summed E-state index contributed by atoms with van der Waals surface area (Å²) in [5.74, 6) is -0.0229. The van der Waals surface area contributed by atoms with Gasteiger partial charge in [0.15, 0.2) is 11.6 Å². The molecule has 2 heterocycles. The maximum absolute atomic E-state index is 16.0. The van der Waals surface area contributed by atoms with Crippen LogP contribution in [-0.4, -0.2) is 33.5 Å². The third-order valence-electron chi connectivity index (χ3n) is 7.52. The second-order valence-corrected chi connectivity index (χ2v) is 11.6. The molecule has 0 spiro atoms. The average Bonchev–Trinajstić information content (AvgIpc) is 3.67. The first kappa shape index (κ1) is 27.7. The third kappa shape index (κ3) is 7.20. The number of carbonyl (C=O) groups excluding carboxylic acids is 1. The summed E-state index contributed by atoms with van der Waals surface area (Å²) in [7, 11) is 0. The minimum atomic E-state index is -0.408. The van der Waals surface area contributed by atoms with Crippen molar-refractivity contribution < 1.29 is 13.9 Å². The Morgan fingerprint density at radius 2 is 1.95 bits per heavy atom. The van der Waals surface area contributed by atoms with Crippen molar-refractivity contribution in [2.24, 2.45) is 5.92 Å². The molecular formula is C32H35BrFN3O2. The summed E-state index contributed by atoms with van der Waals surface area (Å²) in [4.78, 5) is 22.2. The minimum absolute atomic E-state index is 0.0296. The van der Waals surface area contributed by atoms with Crippen LogP contribution < -0.4 is 0 Å². The molecule has 0 radical (unpaired) electrons. The second-order valence-electron chi connectivity index (χ2n) is 10.6. The second kappa shape index (κ2) is 13.0. The van der Waals surface area contributed by atoms with Gasteiger partial charge in [-0.2, -0.15) is 0 Å². The van der Waals surface area contributed by atoms with E-state index in [0.29, 0.717) is 41.1 Å². The minimum Gasteiger partial charge on any atom is -0.373 e. The quantitative estimate of drug-likeness (QED) is 0.112. The molecule has 0 saturated heterocycles. The highest BCUT2D eigenvalue weighted by Crippen LogP contribution is 2.30. The van der Waals surface area contributed by atoms with Crippen molar-refractivity contribution in [3.05, 3.63) is 93.2 Å². The number of benzene rings is 2. The first-order valence-corrected chi connectivity index (χ1v) is 14.7. The molecule has 0 bridgehead atoms. The molecule has 5 nitrogen and oxygen atoms in total. The Kier molecular flexibility index (Phi) is 9.20. The number of halogens is 2. The zero-order valence-electron chi connectivity index (χ0n) is 22.5. The number of hydrogen-bond donors (Lipinski definition) is 0. The summed E-state index contributed by atoms with van der Waals surface area (Å²) in [6.07, 6.45) is 11.4. The number of aromatic nitrogens is 3. The molecule has 1 aliphatic carbocycles. The highest BCUT2D eigenvalue weighted by molar-refractivity contribution is 9.10. The molecule has 2 aromatic carbocycles. The molecular weight excluding hydrogens is 557 g/mol. The topological polar surface area (TPSA) is 57.0 Å². The van der Waals surface area contributed by atoms with E-state index in [-0.39, 0.29) is 12.4 Å². The van der Waals surface area contributed by atoms with E-state index in [4.69, 9.17) is 4.74 Å². The number of pyridine rings is 1. The molecule has 0 N–H and O–H groups in total. The molecule has 39 heavy (non-hydrogen) atoms. The standard InChI is InChI=1S/C32H35BrFN3O2/c1-22-16-25(33)13-12-24(22)17-28-27(30(38)20-39-19-23-10-11-23)18-29-32(31(28)34)36-21-37(29)15-7-3-2-4-8-26-9-5-6-14-35-26/h5-6,9,12-14,16,18,21,23H,2-4,7-8,10-11,15,17,19-20H2,1H3. The maximum Gasteiger partial charge on any atom is 0.188 e. The molecule has 0 atom stereocenters. The Morgan fingerprint density at radius 3 is 2.72 bits per heavy atom. The summed E-state index contributed by atoms with van der Waals surface area (Å²) < 4.78 is 24.7. The number of carbonyl (C=O) groups is 1. The van der Waals surface area contributed by atoms with Crippen LogP contribution in [0.4, 0.5) is 4.39 Å². The van der Waals surface area contributed by atoms with Crippen molar-refractivity contribution in [1.29, 1.82) is 0 Å². The lowest BCUT2D eigenvalue weighted by Crippen LogP contribution is -2.15. The van der Waals surface area contributed by atoms with Crippen molar-refractivity contribution >= 4 is 32.7 Å². The van der Waals surface area contributed by atoms with Crippen molar-refractivity contribution in [3.63, 3.8) is 0 Å². The van der Waals surface area contributed by atoms with Crippen LogP contribution in [0.15, 0.2) is 59.5 Å². The van der Waals surface area contributed by atoms with Crippen LogP contribution in [0.3, 0.4) is 0 Å². The van der Waals surface area contributed by atoms with Gasteiger partial charge in [-0.25, -0.2) is 9.37 Å². The van der Waals surface area contributed by atoms with Gasteiger partial charge in [-0.05, 0) is 86.4 Å². The van der Waals surface area contributed by atoms with Crippen LogP contribution in [0.25, 0.3) is 11.0 Å². The molecule has 0 amide bonds. The molecule has 0 unspecified atom stereocenters. The summed E-state index contributed by atoms with van der Waals surface area (Å²) in [6.45, 7) is 3.30. The number of unbranched alkanes of at least 4 members (excludes halogenated alkanes) is 3. The van der Waals surface area contributed by atoms with Gasteiger partial charge < -0.3 is 9.30 Å². The monoisotopic (exact) mass is 591 g/mol. The van der Waals surface area contributed by atoms with Gasteiger partial charge in [0.1, 0.15) is 12.1 Å². The lowest BCUT2D eigenvalue weighted by molar-refractivity contribution is 0.0738. The van der Waals surface area contributed by atoms with E-state index in [2.05, 4.69) is 32.0 Å². The van der Waals surface area contributed by atoms with E-state index in [9.17, 15) is 4.79 Å². The van der Waals surface area contributed by atoms with Crippen molar-refractivity contribution in [3.8, 4) is 0 Å². The normalized spacial score (nSPS) is 13.3. The molecule has 1 aliphatic rings. The number of hydrogen-bond acceptors (Lipinski definition) is 4. The summed E-state index contributed by atoms with van der Waals surface area (Å²) in [6, 6.07) is 13.8. The Balaban J connectivity index is 1.32. The predicted octanol–water partition coefficient (Wildman–Crippen LogP) is 7.64. The lowest BCUT2D eigenvalue weighted by atomic mass is 9.94. The SMILES string of the molecule is Cc1cc(Br)ccc1Cc1c(C(=O)COCC2CC2)cc2c(ncn2CCCCCCc2ccccn2)c1F. The summed E-state index contributed by atoms with van der Waals surface area (Å²) in [5, 5.41) is 0. The Bertz CT molecular complexity index is 1430. The van der Waals surface area contributed by atoms with Crippen molar-refractivity contribution in [2.45, 2.75) is 64.8 Å². The van der Waals surface area contributed by atoms with Crippen LogP contribution in [0.2, 0.25) is 0 Å². The van der Waals surface area contributed by atoms with Gasteiger partial charge in [0.2, 0.25) is 0 Å². The predicted molar refractivity (Wildman–Crippen MR) is 156 cm³/mol. The maximum atomic E-state index is 16.0. The number of rotatable bonds is 14. The van der Waals surface area contributed by atoms with E-state index in [0.717, 1.165) is 72.8 Å². The highest BCUT2D eigenvalue weighted by Gasteiger charge is 2.24. The van der Waals surface area contributed by atoms with Gasteiger partial charge in [-0.15, -0.1) is 0 Å². The largest absolute Gasteiger partial charge is 0.373 e. The van der Waals surface area contributed by atoms with Gasteiger partial charge in [0, 0.05) is 40.5 Å². The number of Topliss-reactive ketones (excluding diaryl/α,β-unsaturated/α-hetero) is 1. The van der Waals surface area contributed by atoms with Gasteiger partial charge in [-0.3, -0.25) is 9.78 Å². The molecule has 1 fully saturated rings. The van der Waals surface area contributed by atoms with Crippen LogP contribution in [-0.2, 0) is 24.1 Å². The molecule has 2 aromatic heterocycles. The van der Waals surface area contributed by atoms with Crippen LogP contribution in [0, 0.1) is 18.7 Å². The number of aryl methyl sites for hydroxylation is 3. The Morgan fingerprint density at radius 1 is 1.10 bits per heavy atom. The van der Waals surface area contributed by atoms with Gasteiger partial charge >= 0.3 is 0 Å². The smallest absolute Gasteiger partial charge is 0.188 e. The van der Waals surface area contributed by atoms with Crippen molar-refractivity contribution in [1.82, 2.24) is 14.5 Å². The van der Waals surface area contributed by atoms with Crippen LogP contribution in [0.5, 0.6) is 0 Å². The average molecular weight is 593 g/mol. The lowest BCUT2D eigenvalue weighted by Gasteiger charge is -2.14. The zero-order valence-corrected chi connectivity index (χ0v) is 24.1. The number of fused-ring (bicyclic) bond motifs is 1. The fourth-order valence-corrected chi connectivity index (χ4v) is 5.49. The fourth-order valence-electron chi connectivity index (χ4n) is 5.01. The molecule has 1 saturated carbocycles. The number of imidazole rings is 1. The third-order valence-corrected chi connectivity index (χ3v) is 8.01. The van der Waals surface area contributed by atoms with E-state index >= 15 is 4.39 Å². The summed E-state index contributed by atoms with van der Waals surface area (Å²) in [5.41, 5.74) is 4.94. The fraction of sp³-hybridized carbons (Fsp3) is 0.406. The van der Waals surface area contributed by atoms with Gasteiger partial charge in [-0.1, -0.05) is 40.9 Å². The van der Waals surface area contributed by atoms with E-state index in [1.54, 1.807) is 6.33 Å². The molecule has 204 valence electrons. The molecule has 7 heteroatoms. The molecule has 4 aromatic rings. The van der Waals surface area contributed by atoms with E-state index in [1.807, 2.05) is 54.1 Å². The van der Waals surface area contributed by atoms with Crippen molar-refractivity contribution in [2.75, 3.05) is 13.2 Å². The summed E-state index contributed by atoms with van der Waals surface area (Å²) >= 11 is 3.50. The first-order valence-electron chi connectivity index (χ1n) is 13.9. The van der Waals surface area contributed by atoms with Crippen LogP contribution in [0.1, 0.15) is 71.3 Å². The van der Waals surface area contributed by atoms with Crippen LogP contribution >= 0.6 is 15.9 Å². The van der Waals surface area contributed by atoms with E-state index in [1.165, 1.54) is 0 Å². The van der Waals surface area contributed by atoms with Gasteiger partial charge in [0.05, 0.1) is 18.5 Å². The first-order chi connectivity index (χ1) is 19.0.